The van der Waals surface area contributed by atoms with Crippen LogP contribution in [0.5, 0.6) is 11.5 Å². The van der Waals surface area contributed by atoms with Crippen LogP contribution in [-0.4, -0.2) is 48.7 Å². The van der Waals surface area contributed by atoms with Crippen LogP contribution in [0.4, 0.5) is 10.1 Å². The fourth-order valence-corrected chi connectivity index (χ4v) is 6.73. The molecule has 10 heteroatoms. The zero-order valence-electron chi connectivity index (χ0n) is 22.9. The summed E-state index contributed by atoms with van der Waals surface area (Å²) in [5.41, 5.74) is 8.22. The Bertz CT molecular complexity index is 1980. The summed E-state index contributed by atoms with van der Waals surface area (Å²) >= 11 is 0. The molecule has 5 aromatic rings. The van der Waals surface area contributed by atoms with Gasteiger partial charge in [0.15, 0.2) is 17.3 Å². The van der Waals surface area contributed by atoms with Crippen molar-refractivity contribution in [2.75, 3.05) is 31.1 Å². The van der Waals surface area contributed by atoms with E-state index < -0.39 is 17.2 Å². The number of nitrogens with zero attached hydrogens (tertiary/aromatic N) is 2. The largest absolute Gasteiger partial charge is 0.456 e. The normalized spacial score (nSPS) is 19.5. The van der Waals surface area contributed by atoms with Gasteiger partial charge in [0, 0.05) is 54.8 Å². The Labute approximate surface area is 240 Å². The molecule has 3 aromatic carbocycles. The number of rotatable bonds is 5. The molecule has 0 saturated carbocycles. The number of fused-ring (bicyclic) bond motifs is 5. The number of aromatic nitrogens is 1. The van der Waals surface area contributed by atoms with E-state index in [2.05, 4.69) is 10.6 Å². The second kappa shape index (κ2) is 9.57. The molecule has 0 radical (unpaired) electrons. The fraction of sp³-hybridized carbons (Fsp3) is 0.312. The number of benzene rings is 3. The van der Waals surface area contributed by atoms with Crippen LogP contribution in [0.1, 0.15) is 36.0 Å². The third-order valence-corrected chi connectivity index (χ3v) is 8.83. The van der Waals surface area contributed by atoms with E-state index >= 15 is 4.39 Å². The molecule has 5 heterocycles. The Hall–Kier alpha value is -4.41. The SMILES string of the molecule is N[C@@H]1CCN(c2c(F)cc3c(=O)c(C(=O)NCCC4CCCN4)cn4c3c2Oc2cc3c(cc2-4)oc2ccccc23)C1. The van der Waals surface area contributed by atoms with E-state index in [0.29, 0.717) is 48.2 Å². The lowest BCUT2D eigenvalue weighted by molar-refractivity contribution is 0.0951. The fourth-order valence-electron chi connectivity index (χ4n) is 6.73. The summed E-state index contributed by atoms with van der Waals surface area (Å²) < 4.78 is 30.3. The Morgan fingerprint density at radius 3 is 2.81 bits per heavy atom. The maximum atomic E-state index is 15.9. The van der Waals surface area contributed by atoms with Crippen LogP contribution in [0.15, 0.2) is 57.9 Å². The minimum Gasteiger partial charge on any atom is -0.456 e. The second-order valence-electron chi connectivity index (χ2n) is 11.5. The quantitative estimate of drug-likeness (QED) is 0.280. The van der Waals surface area contributed by atoms with Gasteiger partial charge in [-0.05, 0) is 50.4 Å². The minimum absolute atomic E-state index is 0.0549. The highest BCUT2D eigenvalue weighted by Gasteiger charge is 2.33. The zero-order chi connectivity index (χ0) is 28.5. The molecule has 1 amide bonds. The van der Waals surface area contributed by atoms with Gasteiger partial charge >= 0.3 is 0 Å². The lowest BCUT2D eigenvalue weighted by atomic mass is 10.0. The van der Waals surface area contributed by atoms with E-state index in [4.69, 9.17) is 14.9 Å². The van der Waals surface area contributed by atoms with Gasteiger partial charge in [0.2, 0.25) is 5.43 Å². The van der Waals surface area contributed by atoms with Gasteiger partial charge in [0.05, 0.1) is 11.1 Å². The number of furan rings is 1. The molecule has 4 N–H and O–H groups in total. The summed E-state index contributed by atoms with van der Waals surface area (Å²) in [5, 5.41) is 8.18. The summed E-state index contributed by atoms with van der Waals surface area (Å²) in [6.45, 7) is 2.45. The molecule has 2 fully saturated rings. The van der Waals surface area contributed by atoms with E-state index in [9.17, 15) is 9.59 Å². The van der Waals surface area contributed by atoms with Crippen LogP contribution in [0.3, 0.4) is 0 Å². The van der Waals surface area contributed by atoms with Crippen molar-refractivity contribution in [1.82, 2.24) is 15.2 Å². The lowest BCUT2D eigenvalue weighted by Gasteiger charge is -2.29. The van der Waals surface area contributed by atoms with Crippen LogP contribution < -0.4 is 31.4 Å². The van der Waals surface area contributed by atoms with Crippen molar-refractivity contribution in [3.8, 4) is 17.2 Å². The molecule has 2 aromatic heterocycles. The molecule has 8 rings (SSSR count). The Kier molecular flexibility index (Phi) is 5.77. The van der Waals surface area contributed by atoms with Gasteiger partial charge in [-0.25, -0.2) is 4.39 Å². The van der Waals surface area contributed by atoms with Gasteiger partial charge in [0.1, 0.15) is 27.9 Å². The number of hydrogen-bond acceptors (Lipinski definition) is 7. The van der Waals surface area contributed by atoms with E-state index in [1.807, 2.05) is 41.3 Å². The first-order chi connectivity index (χ1) is 20.5. The topological polar surface area (TPSA) is 115 Å². The molecule has 3 aliphatic heterocycles. The van der Waals surface area contributed by atoms with Crippen LogP contribution in [-0.2, 0) is 0 Å². The number of ether oxygens (including phenoxy) is 1. The highest BCUT2D eigenvalue weighted by atomic mass is 19.1. The summed E-state index contributed by atoms with van der Waals surface area (Å²) in [4.78, 5) is 29.0. The molecule has 0 spiro atoms. The minimum atomic E-state index is -0.585. The third-order valence-electron chi connectivity index (χ3n) is 8.83. The maximum absolute atomic E-state index is 15.9. The molecule has 2 saturated heterocycles. The molecule has 0 bridgehead atoms. The molecular weight excluding hydrogens is 537 g/mol. The van der Waals surface area contributed by atoms with E-state index in [0.717, 1.165) is 48.6 Å². The Balaban J connectivity index is 1.32. The number of hydrogen-bond donors (Lipinski definition) is 3. The number of pyridine rings is 1. The zero-order valence-corrected chi connectivity index (χ0v) is 22.9. The van der Waals surface area contributed by atoms with Crippen LogP contribution in [0.25, 0.3) is 38.5 Å². The van der Waals surface area contributed by atoms with Gasteiger partial charge in [-0.15, -0.1) is 0 Å². The second-order valence-corrected chi connectivity index (χ2v) is 11.5. The number of para-hydroxylation sites is 1. The van der Waals surface area contributed by atoms with E-state index in [1.54, 1.807) is 10.8 Å². The van der Waals surface area contributed by atoms with Crippen LogP contribution in [0, 0.1) is 5.82 Å². The van der Waals surface area contributed by atoms with Crippen molar-refractivity contribution in [2.24, 2.45) is 5.73 Å². The van der Waals surface area contributed by atoms with Crippen molar-refractivity contribution in [3.05, 3.63) is 70.3 Å². The van der Waals surface area contributed by atoms with Crippen LogP contribution in [0.2, 0.25) is 0 Å². The van der Waals surface area contributed by atoms with Gasteiger partial charge in [-0.1, -0.05) is 18.2 Å². The average molecular weight is 568 g/mol. The molecule has 9 nitrogen and oxygen atoms in total. The number of carbonyl (C=O) groups excluding carboxylic acids is 1. The highest BCUT2D eigenvalue weighted by molar-refractivity contribution is 6.07. The molecule has 0 aliphatic carbocycles. The number of nitrogens with one attached hydrogen (secondary N) is 2. The molecular formula is C32H30FN5O4. The summed E-state index contributed by atoms with van der Waals surface area (Å²) in [6, 6.07) is 12.9. The predicted molar refractivity (Wildman–Crippen MR) is 160 cm³/mol. The summed E-state index contributed by atoms with van der Waals surface area (Å²) in [5.74, 6) is -0.355. The van der Waals surface area contributed by atoms with Crippen LogP contribution >= 0.6 is 0 Å². The Morgan fingerprint density at radius 1 is 1.12 bits per heavy atom. The molecule has 3 aliphatic rings. The molecule has 214 valence electrons. The average Bonchev–Trinajstić information content (AvgIpc) is 3.73. The monoisotopic (exact) mass is 567 g/mol. The summed E-state index contributed by atoms with van der Waals surface area (Å²) in [7, 11) is 0. The van der Waals surface area contributed by atoms with Gasteiger partial charge in [-0.2, -0.15) is 0 Å². The molecule has 1 unspecified atom stereocenters. The van der Waals surface area contributed by atoms with Crippen molar-refractivity contribution in [3.63, 3.8) is 0 Å². The first-order valence-electron chi connectivity index (χ1n) is 14.5. The number of nitrogens with two attached hydrogens (primary N) is 1. The standard InChI is InChI=1S/C32H30FN5O4/c33-23-12-21-28-31(29(23)37-11-8-17(34)15-37)42-27-13-20-19-5-1-2-6-25(19)41-26(20)14-24(27)38(28)16-22(30(21)39)32(40)36-10-7-18-4-3-9-35-18/h1-2,5-6,12-14,16-18,35H,3-4,7-11,15,34H2,(H,36,40)/t17-,18?/m1/s1. The Morgan fingerprint density at radius 2 is 2.00 bits per heavy atom. The van der Waals surface area contributed by atoms with Gasteiger partial charge < -0.3 is 35.0 Å². The lowest BCUT2D eigenvalue weighted by Crippen LogP contribution is -2.34. The number of anilines is 1. The third kappa shape index (κ3) is 3.89. The highest BCUT2D eigenvalue weighted by Crippen LogP contribution is 2.48. The number of carbonyl (C=O) groups is 1. The maximum Gasteiger partial charge on any atom is 0.256 e. The van der Waals surface area contributed by atoms with Crippen molar-refractivity contribution in [1.29, 1.82) is 0 Å². The predicted octanol–water partition coefficient (Wildman–Crippen LogP) is 4.54. The van der Waals surface area contributed by atoms with E-state index in [1.165, 1.54) is 6.07 Å². The van der Waals surface area contributed by atoms with E-state index in [-0.39, 0.29) is 28.4 Å². The van der Waals surface area contributed by atoms with Crippen molar-refractivity contribution >= 4 is 44.4 Å². The molecule has 42 heavy (non-hydrogen) atoms. The molecule has 2 atom stereocenters. The first-order valence-corrected chi connectivity index (χ1v) is 14.5. The van der Waals surface area contributed by atoms with Gasteiger partial charge in [-0.3, -0.25) is 9.59 Å². The number of halogens is 1. The van der Waals surface area contributed by atoms with Crippen molar-refractivity contribution in [2.45, 2.75) is 37.8 Å². The van der Waals surface area contributed by atoms with Gasteiger partial charge in [0.25, 0.3) is 5.91 Å². The first kappa shape index (κ1) is 25.3. The van der Waals surface area contributed by atoms with Crippen molar-refractivity contribution < 1.29 is 18.3 Å². The number of amides is 1. The smallest absolute Gasteiger partial charge is 0.256 e. The summed E-state index contributed by atoms with van der Waals surface area (Å²) in [6.07, 6.45) is 5.22.